The first-order valence-electron chi connectivity index (χ1n) is 8.74. The van der Waals surface area contributed by atoms with Crippen molar-refractivity contribution < 1.29 is 4.79 Å². The first-order valence-corrected chi connectivity index (χ1v) is 9.62. The first kappa shape index (κ1) is 17.7. The summed E-state index contributed by atoms with van der Waals surface area (Å²) in [4.78, 5) is 18.9. The molecule has 25 heavy (non-hydrogen) atoms. The Kier molecular flexibility index (Phi) is 5.27. The molecule has 2 aromatic rings. The van der Waals surface area contributed by atoms with Crippen molar-refractivity contribution in [2.24, 2.45) is 0 Å². The van der Waals surface area contributed by atoms with E-state index < -0.39 is 0 Å². The number of anilines is 2. The normalized spacial score (nSPS) is 15.9. The van der Waals surface area contributed by atoms with Crippen molar-refractivity contribution >= 4 is 28.2 Å². The molecule has 2 N–H and O–H groups in total. The van der Waals surface area contributed by atoms with E-state index >= 15 is 0 Å². The molecular weight excluding hydrogens is 332 g/mol. The molecule has 0 radical (unpaired) electrons. The quantitative estimate of drug-likeness (QED) is 0.863. The highest BCUT2D eigenvalue weighted by molar-refractivity contribution is 7.13. The molecule has 5 nitrogen and oxygen atoms in total. The van der Waals surface area contributed by atoms with Crippen LogP contribution in [0.4, 0.5) is 15.6 Å². The van der Waals surface area contributed by atoms with Crippen LogP contribution in [0.25, 0.3) is 0 Å². The van der Waals surface area contributed by atoms with Crippen LogP contribution < -0.4 is 15.5 Å². The number of carbonyl (C=O) groups excluding carboxylic acids is 1. The minimum atomic E-state index is -0.129. The van der Waals surface area contributed by atoms with Crippen molar-refractivity contribution in [1.82, 2.24) is 10.3 Å². The number of piperidine rings is 1. The third kappa shape index (κ3) is 4.72. The smallest absolute Gasteiger partial charge is 0.319 e. The number of nitrogens with zero attached hydrogens (tertiary/aromatic N) is 2. The molecule has 6 heteroatoms. The lowest BCUT2D eigenvalue weighted by Crippen LogP contribution is -2.46. The molecule has 134 valence electrons. The van der Waals surface area contributed by atoms with Gasteiger partial charge in [0.1, 0.15) is 0 Å². The molecule has 0 spiro atoms. The molecule has 0 unspecified atom stereocenters. The van der Waals surface area contributed by atoms with Crippen LogP contribution in [0.2, 0.25) is 0 Å². The Hall–Kier alpha value is -2.08. The van der Waals surface area contributed by atoms with E-state index in [9.17, 15) is 4.79 Å². The van der Waals surface area contributed by atoms with Crippen LogP contribution >= 0.6 is 11.3 Å². The Morgan fingerprint density at radius 1 is 1.20 bits per heavy atom. The molecule has 0 atom stereocenters. The van der Waals surface area contributed by atoms with Crippen molar-refractivity contribution in [2.45, 2.75) is 45.1 Å². The van der Waals surface area contributed by atoms with Crippen LogP contribution in [0.1, 0.15) is 39.2 Å². The summed E-state index contributed by atoms with van der Waals surface area (Å²) in [6.07, 6.45) is 3.72. The van der Waals surface area contributed by atoms with Gasteiger partial charge in [-0.1, -0.05) is 32.9 Å². The summed E-state index contributed by atoms with van der Waals surface area (Å²) in [5.41, 5.74) is 2.20. The number of hydrogen-bond acceptors (Lipinski definition) is 4. The van der Waals surface area contributed by atoms with Crippen molar-refractivity contribution in [3.8, 4) is 0 Å². The van der Waals surface area contributed by atoms with Crippen molar-refractivity contribution in [3.63, 3.8) is 0 Å². The van der Waals surface area contributed by atoms with Crippen LogP contribution in [-0.4, -0.2) is 30.1 Å². The third-order valence-corrected chi connectivity index (χ3v) is 5.36. The lowest BCUT2D eigenvalue weighted by atomic mass is 9.87. The van der Waals surface area contributed by atoms with E-state index in [1.54, 1.807) is 11.3 Å². The predicted octanol–water partition coefficient (Wildman–Crippen LogP) is 4.23. The van der Waals surface area contributed by atoms with Gasteiger partial charge in [-0.25, -0.2) is 9.78 Å². The highest BCUT2D eigenvalue weighted by Crippen LogP contribution is 2.24. The molecule has 1 aromatic heterocycles. The van der Waals surface area contributed by atoms with Gasteiger partial charge in [-0.2, -0.15) is 0 Å². The van der Waals surface area contributed by atoms with Crippen molar-refractivity contribution in [1.29, 1.82) is 0 Å². The van der Waals surface area contributed by atoms with Crippen LogP contribution in [0.15, 0.2) is 35.8 Å². The van der Waals surface area contributed by atoms with E-state index in [1.807, 2.05) is 23.7 Å². The largest absolute Gasteiger partial charge is 0.348 e. The Labute approximate surface area is 153 Å². The van der Waals surface area contributed by atoms with Crippen LogP contribution in [-0.2, 0) is 5.41 Å². The molecule has 2 heterocycles. The predicted molar refractivity (Wildman–Crippen MR) is 105 cm³/mol. The van der Waals surface area contributed by atoms with Gasteiger partial charge in [0.15, 0.2) is 5.13 Å². The number of carbonyl (C=O) groups is 1. The van der Waals surface area contributed by atoms with E-state index in [2.05, 4.69) is 53.4 Å². The van der Waals surface area contributed by atoms with Crippen molar-refractivity contribution in [2.75, 3.05) is 23.3 Å². The maximum Gasteiger partial charge on any atom is 0.319 e. The molecule has 1 saturated heterocycles. The fourth-order valence-electron chi connectivity index (χ4n) is 2.99. The van der Waals surface area contributed by atoms with Gasteiger partial charge in [-0.05, 0) is 36.0 Å². The molecular formula is C19H26N4OS. The zero-order chi connectivity index (χ0) is 17.9. The number of amides is 2. The molecule has 3 rings (SSSR count). The molecule has 0 bridgehead atoms. The lowest BCUT2D eigenvalue weighted by Gasteiger charge is -2.32. The Bertz CT molecular complexity index is 683. The number of aromatic nitrogens is 1. The molecule has 1 aliphatic heterocycles. The molecule has 0 aliphatic carbocycles. The number of rotatable bonds is 3. The summed E-state index contributed by atoms with van der Waals surface area (Å²) >= 11 is 1.66. The highest BCUT2D eigenvalue weighted by atomic mass is 32.1. The average Bonchev–Trinajstić information content (AvgIpc) is 3.09. The number of nitrogens with one attached hydrogen (secondary N) is 2. The van der Waals surface area contributed by atoms with Crippen molar-refractivity contribution in [3.05, 3.63) is 41.4 Å². The Balaban J connectivity index is 1.47. The Morgan fingerprint density at radius 2 is 1.88 bits per heavy atom. The minimum Gasteiger partial charge on any atom is -0.348 e. The molecule has 1 aromatic carbocycles. The summed E-state index contributed by atoms with van der Waals surface area (Å²) in [6.45, 7) is 8.40. The second-order valence-corrected chi connectivity index (χ2v) is 8.37. The zero-order valence-electron chi connectivity index (χ0n) is 15.1. The SMILES string of the molecule is CC(C)(C)c1ccc(NC(=O)NC2CCN(c3nccs3)CC2)cc1. The standard InChI is InChI=1S/C19H26N4OS/c1-19(2,3)14-4-6-15(7-5-14)21-17(24)22-16-8-11-23(12-9-16)18-20-10-13-25-18/h4-7,10,13,16H,8-9,11-12H2,1-3H3,(H2,21,22,24). The summed E-state index contributed by atoms with van der Waals surface area (Å²) in [6, 6.07) is 8.15. The topological polar surface area (TPSA) is 57.3 Å². The second-order valence-electron chi connectivity index (χ2n) is 7.50. The molecule has 0 saturated carbocycles. The summed E-state index contributed by atoms with van der Waals surface area (Å²) in [7, 11) is 0. The van der Waals surface area contributed by atoms with E-state index in [0.29, 0.717) is 0 Å². The van der Waals surface area contributed by atoms with Gasteiger partial charge < -0.3 is 15.5 Å². The minimum absolute atomic E-state index is 0.117. The summed E-state index contributed by atoms with van der Waals surface area (Å²) in [5, 5.41) is 9.09. The number of benzene rings is 1. The fourth-order valence-corrected chi connectivity index (χ4v) is 3.69. The maximum absolute atomic E-state index is 12.2. The fraction of sp³-hybridized carbons (Fsp3) is 0.474. The van der Waals surface area contributed by atoms with E-state index in [1.165, 1.54) is 5.56 Å². The van der Waals surface area contributed by atoms with E-state index in [0.717, 1.165) is 36.8 Å². The summed E-state index contributed by atoms with van der Waals surface area (Å²) in [5.74, 6) is 0. The van der Waals surface area contributed by atoms with Gasteiger partial charge in [-0.15, -0.1) is 11.3 Å². The van der Waals surface area contributed by atoms with Gasteiger partial charge >= 0.3 is 6.03 Å². The van der Waals surface area contributed by atoms with E-state index in [-0.39, 0.29) is 17.5 Å². The van der Waals surface area contributed by atoms with Gasteiger partial charge in [0.05, 0.1) is 0 Å². The average molecular weight is 359 g/mol. The second kappa shape index (κ2) is 7.44. The lowest BCUT2D eigenvalue weighted by molar-refractivity contribution is 0.246. The maximum atomic E-state index is 12.2. The van der Waals surface area contributed by atoms with Gasteiger partial charge in [-0.3, -0.25) is 0 Å². The van der Waals surface area contributed by atoms with Gasteiger partial charge in [0, 0.05) is 36.4 Å². The third-order valence-electron chi connectivity index (χ3n) is 4.53. The van der Waals surface area contributed by atoms with Crippen LogP contribution in [0.3, 0.4) is 0 Å². The zero-order valence-corrected chi connectivity index (χ0v) is 15.9. The van der Waals surface area contributed by atoms with E-state index in [4.69, 9.17) is 0 Å². The number of thiazole rings is 1. The number of hydrogen-bond donors (Lipinski definition) is 2. The van der Waals surface area contributed by atoms with Crippen LogP contribution in [0.5, 0.6) is 0 Å². The van der Waals surface area contributed by atoms with Gasteiger partial charge in [0.2, 0.25) is 0 Å². The highest BCUT2D eigenvalue weighted by Gasteiger charge is 2.22. The molecule has 1 aliphatic rings. The van der Waals surface area contributed by atoms with Gasteiger partial charge in [0.25, 0.3) is 0 Å². The first-order chi connectivity index (χ1) is 11.9. The van der Waals surface area contributed by atoms with Crippen LogP contribution in [0, 0.1) is 0 Å². The number of urea groups is 1. The Morgan fingerprint density at radius 3 is 2.44 bits per heavy atom. The molecule has 2 amide bonds. The monoisotopic (exact) mass is 358 g/mol. The molecule has 1 fully saturated rings. The summed E-state index contributed by atoms with van der Waals surface area (Å²) < 4.78 is 0.